The lowest BCUT2D eigenvalue weighted by Crippen LogP contribution is -2.37. The molecule has 94 valence electrons. The zero-order valence-electron chi connectivity index (χ0n) is 9.07. The van der Waals surface area contributed by atoms with Gasteiger partial charge in [-0.1, -0.05) is 22.0 Å². The molecule has 1 aromatic carbocycles. The molecule has 0 aliphatic heterocycles. The number of carbonyl (C=O) groups is 1. The maximum atomic E-state index is 11.9. The highest BCUT2D eigenvalue weighted by molar-refractivity contribution is 9.10. The molecule has 0 atom stereocenters. The van der Waals surface area contributed by atoms with E-state index in [0.717, 1.165) is 15.6 Å². The standard InChI is InChI=1S/C11H11BrF3NO/c1-7-2-3-9(12)6-8(7)4-5-16-10(17)11(13,14)15/h2-3,6H,4-5H2,1H3,(H,16,17). The van der Waals surface area contributed by atoms with Crippen molar-refractivity contribution in [3.8, 4) is 0 Å². The smallest absolute Gasteiger partial charge is 0.348 e. The average molecular weight is 310 g/mol. The number of benzene rings is 1. The molecule has 0 aliphatic carbocycles. The summed E-state index contributed by atoms with van der Waals surface area (Å²) in [5.41, 5.74) is 1.89. The summed E-state index contributed by atoms with van der Waals surface area (Å²) in [4.78, 5) is 10.6. The van der Waals surface area contributed by atoms with Gasteiger partial charge in [-0.25, -0.2) is 0 Å². The molecule has 1 N–H and O–H groups in total. The highest BCUT2D eigenvalue weighted by Crippen LogP contribution is 2.17. The van der Waals surface area contributed by atoms with E-state index < -0.39 is 12.1 Å². The van der Waals surface area contributed by atoms with Crippen molar-refractivity contribution >= 4 is 21.8 Å². The first kappa shape index (κ1) is 14.0. The maximum absolute atomic E-state index is 11.9. The Balaban J connectivity index is 2.52. The molecular weight excluding hydrogens is 299 g/mol. The zero-order chi connectivity index (χ0) is 13.1. The van der Waals surface area contributed by atoms with E-state index in [-0.39, 0.29) is 6.54 Å². The Hall–Kier alpha value is -1.04. The second-order valence-corrected chi connectivity index (χ2v) is 4.49. The molecule has 0 radical (unpaired) electrons. The molecule has 0 spiro atoms. The van der Waals surface area contributed by atoms with Gasteiger partial charge >= 0.3 is 12.1 Å². The molecule has 0 unspecified atom stereocenters. The van der Waals surface area contributed by atoms with Crippen LogP contribution in [-0.2, 0) is 11.2 Å². The van der Waals surface area contributed by atoms with Gasteiger partial charge in [-0.3, -0.25) is 4.79 Å². The molecule has 1 amide bonds. The molecule has 0 saturated heterocycles. The van der Waals surface area contributed by atoms with Crippen LogP contribution in [0.2, 0.25) is 0 Å². The molecule has 0 heterocycles. The summed E-state index contributed by atoms with van der Waals surface area (Å²) in [6.45, 7) is 1.84. The minimum absolute atomic E-state index is 0.0321. The maximum Gasteiger partial charge on any atom is 0.471 e. The fourth-order valence-corrected chi connectivity index (χ4v) is 1.73. The molecule has 0 saturated carbocycles. The number of rotatable bonds is 3. The van der Waals surface area contributed by atoms with E-state index in [1.165, 1.54) is 0 Å². The van der Waals surface area contributed by atoms with Gasteiger partial charge in [0.05, 0.1) is 0 Å². The quantitative estimate of drug-likeness (QED) is 0.914. The van der Waals surface area contributed by atoms with Crippen molar-refractivity contribution in [3.05, 3.63) is 33.8 Å². The second-order valence-electron chi connectivity index (χ2n) is 3.57. The predicted octanol–water partition coefficient (Wildman–Crippen LogP) is 2.98. The fraction of sp³-hybridized carbons (Fsp3) is 0.364. The van der Waals surface area contributed by atoms with Crippen molar-refractivity contribution in [2.24, 2.45) is 0 Å². The third-order valence-electron chi connectivity index (χ3n) is 2.25. The van der Waals surface area contributed by atoms with Crippen molar-refractivity contribution in [2.75, 3.05) is 6.54 Å². The molecule has 0 aliphatic rings. The molecule has 1 rings (SSSR count). The largest absolute Gasteiger partial charge is 0.471 e. The summed E-state index contributed by atoms with van der Waals surface area (Å²) >= 11 is 3.28. The lowest BCUT2D eigenvalue weighted by molar-refractivity contribution is -0.173. The fourth-order valence-electron chi connectivity index (χ4n) is 1.32. The second kappa shape index (κ2) is 5.53. The van der Waals surface area contributed by atoms with Gasteiger partial charge in [0.25, 0.3) is 0 Å². The van der Waals surface area contributed by atoms with Crippen LogP contribution in [-0.4, -0.2) is 18.6 Å². The van der Waals surface area contributed by atoms with Gasteiger partial charge < -0.3 is 5.32 Å². The van der Waals surface area contributed by atoms with Crippen molar-refractivity contribution in [2.45, 2.75) is 19.5 Å². The molecule has 2 nitrogen and oxygen atoms in total. The summed E-state index contributed by atoms with van der Waals surface area (Å²) < 4.78 is 36.6. The van der Waals surface area contributed by atoms with Crippen LogP contribution in [0.25, 0.3) is 0 Å². The topological polar surface area (TPSA) is 29.1 Å². The van der Waals surface area contributed by atoms with Crippen LogP contribution in [0, 0.1) is 6.92 Å². The lowest BCUT2D eigenvalue weighted by atomic mass is 10.1. The van der Waals surface area contributed by atoms with Crippen molar-refractivity contribution in [1.82, 2.24) is 5.32 Å². The molecule has 0 fully saturated rings. The van der Waals surface area contributed by atoms with Gasteiger partial charge in [0.2, 0.25) is 0 Å². The SMILES string of the molecule is Cc1ccc(Br)cc1CCNC(=O)C(F)(F)F. The minimum Gasteiger partial charge on any atom is -0.348 e. The molecule has 0 bridgehead atoms. The van der Waals surface area contributed by atoms with E-state index in [1.54, 1.807) is 0 Å². The summed E-state index contributed by atoms with van der Waals surface area (Å²) in [5.74, 6) is -1.90. The summed E-state index contributed by atoms with van der Waals surface area (Å²) in [7, 11) is 0. The van der Waals surface area contributed by atoms with Crippen molar-refractivity contribution in [3.63, 3.8) is 0 Å². The van der Waals surface area contributed by atoms with E-state index >= 15 is 0 Å². The van der Waals surface area contributed by atoms with Gasteiger partial charge in [-0.15, -0.1) is 0 Å². The number of hydrogen-bond donors (Lipinski definition) is 1. The Kier molecular flexibility index (Phi) is 4.56. The van der Waals surface area contributed by atoms with Gasteiger partial charge in [0.1, 0.15) is 0 Å². The van der Waals surface area contributed by atoms with Gasteiger partial charge in [-0.2, -0.15) is 13.2 Å². The van der Waals surface area contributed by atoms with Crippen molar-refractivity contribution < 1.29 is 18.0 Å². The first-order valence-electron chi connectivity index (χ1n) is 4.91. The van der Waals surface area contributed by atoms with Crippen LogP contribution in [0.3, 0.4) is 0 Å². The highest BCUT2D eigenvalue weighted by atomic mass is 79.9. The number of amides is 1. The molecule has 6 heteroatoms. The molecular formula is C11H11BrF3NO. The summed E-state index contributed by atoms with van der Waals surface area (Å²) in [6.07, 6.45) is -4.45. The van der Waals surface area contributed by atoms with Gasteiger partial charge in [0, 0.05) is 11.0 Å². The molecule has 1 aromatic rings. The van der Waals surface area contributed by atoms with E-state index in [0.29, 0.717) is 6.42 Å². The van der Waals surface area contributed by atoms with Gasteiger partial charge in [-0.05, 0) is 36.6 Å². The van der Waals surface area contributed by atoms with E-state index in [9.17, 15) is 18.0 Å². The summed E-state index contributed by atoms with van der Waals surface area (Å²) in [6, 6.07) is 5.55. The van der Waals surface area contributed by atoms with E-state index in [2.05, 4.69) is 15.9 Å². The highest BCUT2D eigenvalue weighted by Gasteiger charge is 2.38. The van der Waals surface area contributed by atoms with Crippen LogP contribution < -0.4 is 5.32 Å². The Labute approximate surface area is 105 Å². The van der Waals surface area contributed by atoms with Crippen LogP contribution in [0.4, 0.5) is 13.2 Å². The van der Waals surface area contributed by atoms with E-state index in [4.69, 9.17) is 0 Å². The van der Waals surface area contributed by atoms with Gasteiger partial charge in [0.15, 0.2) is 0 Å². The normalized spacial score (nSPS) is 11.4. The number of alkyl halides is 3. The predicted molar refractivity (Wildman–Crippen MR) is 61.6 cm³/mol. The van der Waals surface area contributed by atoms with Crippen LogP contribution >= 0.6 is 15.9 Å². The Morgan fingerprint density at radius 1 is 1.41 bits per heavy atom. The zero-order valence-corrected chi connectivity index (χ0v) is 10.7. The number of halogens is 4. The van der Waals surface area contributed by atoms with E-state index in [1.807, 2.05) is 30.4 Å². The first-order valence-corrected chi connectivity index (χ1v) is 5.70. The Morgan fingerprint density at radius 2 is 2.06 bits per heavy atom. The number of aryl methyl sites for hydroxylation is 1. The number of hydrogen-bond acceptors (Lipinski definition) is 1. The lowest BCUT2D eigenvalue weighted by Gasteiger charge is -2.09. The first-order chi connectivity index (χ1) is 7.80. The average Bonchev–Trinajstić information content (AvgIpc) is 2.21. The Morgan fingerprint density at radius 3 is 2.65 bits per heavy atom. The van der Waals surface area contributed by atoms with Crippen molar-refractivity contribution in [1.29, 1.82) is 0 Å². The van der Waals surface area contributed by atoms with Crippen LogP contribution in [0.1, 0.15) is 11.1 Å². The minimum atomic E-state index is -4.81. The van der Waals surface area contributed by atoms with Crippen LogP contribution in [0.5, 0.6) is 0 Å². The van der Waals surface area contributed by atoms with Crippen LogP contribution in [0.15, 0.2) is 22.7 Å². The Bertz CT molecular complexity index is 418. The molecule has 0 aromatic heterocycles. The summed E-state index contributed by atoms with van der Waals surface area (Å²) in [5, 5.41) is 1.84. The third-order valence-corrected chi connectivity index (χ3v) is 2.74. The number of carbonyl (C=O) groups excluding carboxylic acids is 1. The number of nitrogens with one attached hydrogen (secondary N) is 1. The molecule has 17 heavy (non-hydrogen) atoms. The third kappa shape index (κ3) is 4.38. The monoisotopic (exact) mass is 309 g/mol.